The summed E-state index contributed by atoms with van der Waals surface area (Å²) in [6.07, 6.45) is 0. The van der Waals surface area contributed by atoms with Crippen molar-refractivity contribution < 1.29 is 9.53 Å². The van der Waals surface area contributed by atoms with Crippen LogP contribution >= 0.6 is 15.9 Å². The molecule has 0 unspecified atom stereocenters. The molecule has 2 rings (SSSR count). The first-order chi connectivity index (χ1) is 8.66. The summed E-state index contributed by atoms with van der Waals surface area (Å²) >= 11 is 3.39. The van der Waals surface area contributed by atoms with Gasteiger partial charge in [-0.2, -0.15) is 0 Å². The zero-order chi connectivity index (χ0) is 13.0. The highest BCUT2D eigenvalue weighted by Gasteiger charge is 2.20. The van der Waals surface area contributed by atoms with Crippen molar-refractivity contribution in [3.8, 4) is 5.75 Å². The largest absolute Gasteiger partial charge is 0.483 e. The van der Waals surface area contributed by atoms with Crippen LogP contribution in [0.1, 0.15) is 6.92 Å². The van der Waals surface area contributed by atoms with Crippen molar-refractivity contribution in [2.75, 3.05) is 26.2 Å². The molecule has 1 aliphatic rings. The Morgan fingerprint density at radius 3 is 3.06 bits per heavy atom. The Morgan fingerprint density at radius 2 is 2.33 bits per heavy atom. The second kappa shape index (κ2) is 6.20. The van der Waals surface area contributed by atoms with Gasteiger partial charge in [-0.15, -0.1) is 0 Å². The molecule has 1 fully saturated rings. The van der Waals surface area contributed by atoms with E-state index >= 15 is 0 Å². The van der Waals surface area contributed by atoms with Gasteiger partial charge < -0.3 is 15.0 Å². The van der Waals surface area contributed by atoms with Crippen molar-refractivity contribution in [1.29, 1.82) is 0 Å². The number of para-hydroxylation sites is 1. The average Bonchev–Trinajstić information content (AvgIpc) is 2.37. The minimum Gasteiger partial charge on any atom is -0.483 e. The molecule has 0 saturated carbocycles. The quantitative estimate of drug-likeness (QED) is 0.922. The fraction of sp³-hybridized carbons (Fsp3) is 0.462. The molecule has 1 aromatic rings. The van der Waals surface area contributed by atoms with Gasteiger partial charge in [-0.25, -0.2) is 0 Å². The van der Waals surface area contributed by atoms with E-state index in [1.807, 2.05) is 29.2 Å². The van der Waals surface area contributed by atoms with Gasteiger partial charge in [0.2, 0.25) is 0 Å². The fourth-order valence-corrected chi connectivity index (χ4v) is 2.35. The average molecular weight is 313 g/mol. The lowest BCUT2D eigenvalue weighted by atomic mass is 10.2. The smallest absolute Gasteiger partial charge is 0.260 e. The second-order valence-corrected chi connectivity index (χ2v) is 5.27. The van der Waals surface area contributed by atoms with E-state index in [4.69, 9.17) is 4.74 Å². The Kier molecular flexibility index (Phi) is 4.60. The monoisotopic (exact) mass is 312 g/mol. The van der Waals surface area contributed by atoms with E-state index in [1.165, 1.54) is 0 Å². The van der Waals surface area contributed by atoms with Crippen molar-refractivity contribution in [2.24, 2.45) is 0 Å². The highest BCUT2D eigenvalue weighted by molar-refractivity contribution is 9.10. The van der Waals surface area contributed by atoms with E-state index in [1.54, 1.807) is 0 Å². The second-order valence-electron chi connectivity index (χ2n) is 4.41. The van der Waals surface area contributed by atoms with Crippen LogP contribution in [0, 0.1) is 0 Å². The van der Waals surface area contributed by atoms with Crippen molar-refractivity contribution >= 4 is 21.8 Å². The number of piperazine rings is 1. The predicted molar refractivity (Wildman–Crippen MR) is 73.7 cm³/mol. The van der Waals surface area contributed by atoms with Crippen molar-refractivity contribution in [3.63, 3.8) is 0 Å². The molecule has 0 aromatic heterocycles. The lowest BCUT2D eigenvalue weighted by molar-refractivity contribution is -0.134. The standard InChI is InChI=1S/C13H17BrN2O2/c1-10-8-16(7-6-15-10)13(17)9-18-12-5-3-2-4-11(12)14/h2-5,10,15H,6-9H2,1H3/t10-/m1/s1. The molecule has 4 nitrogen and oxygen atoms in total. The highest BCUT2D eigenvalue weighted by atomic mass is 79.9. The summed E-state index contributed by atoms with van der Waals surface area (Å²) in [5.41, 5.74) is 0. The zero-order valence-electron chi connectivity index (χ0n) is 10.4. The van der Waals surface area contributed by atoms with Crippen LogP contribution in [0.15, 0.2) is 28.7 Å². The van der Waals surface area contributed by atoms with E-state index in [2.05, 4.69) is 28.2 Å². The number of hydrogen-bond donors (Lipinski definition) is 1. The maximum atomic E-state index is 12.0. The van der Waals surface area contributed by atoms with E-state index in [9.17, 15) is 4.79 Å². The van der Waals surface area contributed by atoms with Crippen molar-refractivity contribution in [2.45, 2.75) is 13.0 Å². The number of carbonyl (C=O) groups is 1. The van der Waals surface area contributed by atoms with Crippen molar-refractivity contribution in [1.82, 2.24) is 10.2 Å². The SMILES string of the molecule is C[C@@H]1CN(C(=O)COc2ccccc2Br)CCN1. The van der Waals surface area contributed by atoms with Crippen LogP contribution in [0.3, 0.4) is 0 Å². The van der Waals surface area contributed by atoms with E-state index in [0.29, 0.717) is 11.8 Å². The van der Waals surface area contributed by atoms with Gasteiger partial charge in [-0.1, -0.05) is 12.1 Å². The minimum atomic E-state index is 0.0408. The lowest BCUT2D eigenvalue weighted by Gasteiger charge is -2.31. The molecule has 5 heteroatoms. The van der Waals surface area contributed by atoms with Gasteiger partial charge in [-0.3, -0.25) is 4.79 Å². The summed E-state index contributed by atoms with van der Waals surface area (Å²) in [4.78, 5) is 13.8. The van der Waals surface area contributed by atoms with Gasteiger partial charge in [0.25, 0.3) is 5.91 Å². The first-order valence-electron chi connectivity index (χ1n) is 6.05. The molecule has 1 N–H and O–H groups in total. The predicted octanol–water partition coefficient (Wildman–Crippen LogP) is 1.65. The minimum absolute atomic E-state index is 0.0408. The van der Waals surface area contributed by atoms with Gasteiger partial charge in [0.15, 0.2) is 6.61 Å². The van der Waals surface area contributed by atoms with Crippen LogP contribution in [0.25, 0.3) is 0 Å². The summed E-state index contributed by atoms with van der Waals surface area (Å²) in [5.74, 6) is 0.744. The third kappa shape index (κ3) is 3.46. The zero-order valence-corrected chi connectivity index (χ0v) is 11.9. The molecule has 1 aromatic carbocycles. The number of carbonyl (C=O) groups excluding carboxylic acids is 1. The summed E-state index contributed by atoms with van der Waals surface area (Å²) in [5, 5.41) is 3.31. The summed E-state index contributed by atoms with van der Waals surface area (Å²) < 4.78 is 6.40. The normalized spacial score (nSPS) is 19.7. The highest BCUT2D eigenvalue weighted by Crippen LogP contribution is 2.23. The maximum absolute atomic E-state index is 12.0. The number of nitrogens with one attached hydrogen (secondary N) is 1. The first-order valence-corrected chi connectivity index (χ1v) is 6.84. The van der Waals surface area contributed by atoms with Gasteiger partial charge >= 0.3 is 0 Å². The number of ether oxygens (including phenoxy) is 1. The van der Waals surface area contributed by atoms with E-state index < -0.39 is 0 Å². The van der Waals surface area contributed by atoms with Crippen LogP contribution in [-0.2, 0) is 4.79 Å². The molecule has 1 saturated heterocycles. The van der Waals surface area contributed by atoms with Gasteiger partial charge in [0.05, 0.1) is 4.47 Å². The van der Waals surface area contributed by atoms with Crippen LogP contribution in [0.4, 0.5) is 0 Å². The Morgan fingerprint density at radius 1 is 1.56 bits per heavy atom. The van der Waals surface area contributed by atoms with Crippen LogP contribution < -0.4 is 10.1 Å². The van der Waals surface area contributed by atoms with E-state index in [0.717, 1.165) is 24.1 Å². The Hall–Kier alpha value is -1.07. The molecular weight excluding hydrogens is 296 g/mol. The van der Waals surface area contributed by atoms with Gasteiger partial charge in [0, 0.05) is 25.7 Å². The Bertz CT molecular complexity index is 425. The molecule has 1 heterocycles. The van der Waals surface area contributed by atoms with Crippen LogP contribution in [-0.4, -0.2) is 43.1 Å². The number of amides is 1. The molecule has 1 amide bonds. The molecule has 18 heavy (non-hydrogen) atoms. The summed E-state index contributed by atoms with van der Waals surface area (Å²) in [6, 6.07) is 7.89. The van der Waals surface area contributed by atoms with Crippen LogP contribution in [0.5, 0.6) is 5.75 Å². The third-order valence-electron chi connectivity index (χ3n) is 2.91. The molecule has 1 atom stereocenters. The number of nitrogens with zero attached hydrogens (tertiary/aromatic N) is 1. The Balaban J connectivity index is 1.86. The van der Waals surface area contributed by atoms with Gasteiger partial charge in [0.1, 0.15) is 5.75 Å². The number of rotatable bonds is 3. The Labute approximate surface area is 115 Å². The van der Waals surface area contributed by atoms with Gasteiger partial charge in [-0.05, 0) is 35.0 Å². The molecule has 0 spiro atoms. The van der Waals surface area contributed by atoms with Crippen molar-refractivity contribution in [3.05, 3.63) is 28.7 Å². The summed E-state index contributed by atoms with van der Waals surface area (Å²) in [7, 11) is 0. The molecule has 1 aliphatic heterocycles. The molecule has 98 valence electrons. The maximum Gasteiger partial charge on any atom is 0.260 e. The summed E-state index contributed by atoms with van der Waals surface area (Å²) in [6.45, 7) is 4.52. The molecule has 0 bridgehead atoms. The van der Waals surface area contributed by atoms with E-state index in [-0.39, 0.29) is 12.5 Å². The number of hydrogen-bond acceptors (Lipinski definition) is 3. The topological polar surface area (TPSA) is 41.6 Å². The third-order valence-corrected chi connectivity index (χ3v) is 3.56. The molecule has 0 aliphatic carbocycles. The lowest BCUT2D eigenvalue weighted by Crippen LogP contribution is -2.52. The molecular formula is C13H17BrN2O2. The van der Waals surface area contributed by atoms with Crippen LogP contribution in [0.2, 0.25) is 0 Å². The fourth-order valence-electron chi connectivity index (χ4n) is 1.95. The first kappa shape index (κ1) is 13.4. The molecule has 0 radical (unpaired) electrons. The number of halogens is 1. The number of benzene rings is 1.